The maximum atomic E-state index is 12.7. The average molecular weight is 700 g/mol. The van der Waals surface area contributed by atoms with Crippen LogP contribution in [0.3, 0.4) is 0 Å². The van der Waals surface area contributed by atoms with Crippen LogP contribution in [0.25, 0.3) is 0 Å². The van der Waals surface area contributed by atoms with Gasteiger partial charge in [0, 0.05) is 28.8 Å². The molecule has 0 saturated heterocycles. The monoisotopic (exact) mass is 699 g/mol. The molecule has 2 unspecified atom stereocenters. The minimum Gasteiger partial charge on any atom is -0.493 e. The van der Waals surface area contributed by atoms with E-state index >= 15 is 0 Å². The fourth-order valence-corrected chi connectivity index (χ4v) is 6.28. The molecule has 6 N–H and O–H groups in total. The Labute approximate surface area is 295 Å². The summed E-state index contributed by atoms with van der Waals surface area (Å²) in [4.78, 5) is 18.5. The summed E-state index contributed by atoms with van der Waals surface area (Å²) in [6.07, 6.45) is -0.539. The summed E-state index contributed by atoms with van der Waals surface area (Å²) >= 11 is 0. The minimum absolute atomic E-state index is 0.131. The third kappa shape index (κ3) is 7.42. The van der Waals surface area contributed by atoms with Gasteiger partial charge < -0.3 is 54.8 Å². The van der Waals surface area contributed by atoms with E-state index in [0.717, 1.165) is 22.4 Å². The van der Waals surface area contributed by atoms with Gasteiger partial charge in [0.2, 0.25) is 5.75 Å². The zero-order chi connectivity index (χ0) is 36.1. The van der Waals surface area contributed by atoms with Crippen LogP contribution in [0, 0.1) is 6.92 Å². The summed E-state index contributed by atoms with van der Waals surface area (Å²) < 4.78 is 23.4. The molecule has 0 aromatic heterocycles. The van der Waals surface area contributed by atoms with Crippen molar-refractivity contribution in [2.75, 3.05) is 32.8 Å². The Hall–Kier alpha value is -5.34. The van der Waals surface area contributed by atoms with Crippen LogP contribution < -0.4 is 29.6 Å². The number of nitrogens with zero attached hydrogens (tertiary/aromatic N) is 1. The molecule has 0 spiro atoms. The molecule has 13 heteroatoms. The van der Waals surface area contributed by atoms with E-state index in [2.05, 4.69) is 15.8 Å². The number of amides is 1. The zero-order valence-electron chi connectivity index (χ0n) is 28.6. The number of aryl methyl sites for hydroxylation is 1. The number of hydrogen-bond acceptors (Lipinski definition) is 12. The maximum Gasteiger partial charge on any atom is 0.255 e. The molecule has 51 heavy (non-hydrogen) atoms. The molecule has 4 aromatic rings. The third-order valence-electron chi connectivity index (χ3n) is 8.96. The number of methoxy groups -OCH3 is 2. The number of benzene rings is 4. The predicted molar refractivity (Wildman–Crippen MR) is 187 cm³/mol. The van der Waals surface area contributed by atoms with Crippen molar-refractivity contribution in [3.8, 4) is 23.0 Å². The first-order chi connectivity index (χ1) is 24.8. The molecular formula is C38H41N3O10. The van der Waals surface area contributed by atoms with Crippen LogP contribution in [-0.2, 0) is 31.3 Å². The number of fused-ring (bicyclic) bond motifs is 1. The van der Waals surface area contributed by atoms with Crippen molar-refractivity contribution in [3.05, 3.63) is 111 Å². The van der Waals surface area contributed by atoms with Crippen molar-refractivity contribution in [2.45, 2.75) is 52.0 Å². The fraction of sp³-hybridized carbons (Fsp3) is 0.316. The summed E-state index contributed by atoms with van der Waals surface area (Å²) in [6, 6.07) is 18.1. The molecule has 4 aromatic carbocycles. The van der Waals surface area contributed by atoms with E-state index in [1.165, 1.54) is 14.2 Å². The lowest BCUT2D eigenvalue weighted by Crippen LogP contribution is -2.38. The molecule has 268 valence electrons. The Balaban J connectivity index is 1.10. The summed E-state index contributed by atoms with van der Waals surface area (Å²) in [5, 5.41) is 50.1. The Bertz CT molecular complexity index is 1900. The number of rotatable bonds is 14. The van der Waals surface area contributed by atoms with E-state index in [-0.39, 0.29) is 45.5 Å². The van der Waals surface area contributed by atoms with Crippen LogP contribution in [0.2, 0.25) is 0 Å². The molecule has 2 atom stereocenters. The second-order valence-electron chi connectivity index (χ2n) is 12.2. The highest BCUT2D eigenvalue weighted by atomic mass is 16.6. The number of carbonyl (C=O) groups is 1. The van der Waals surface area contributed by atoms with Crippen LogP contribution in [0.4, 0.5) is 5.69 Å². The normalized spacial score (nSPS) is 16.4. The van der Waals surface area contributed by atoms with E-state index < -0.39 is 12.3 Å². The zero-order valence-corrected chi connectivity index (χ0v) is 28.6. The van der Waals surface area contributed by atoms with Gasteiger partial charge in [0.15, 0.2) is 17.6 Å². The van der Waals surface area contributed by atoms with Crippen molar-refractivity contribution in [1.29, 1.82) is 0 Å². The Kier molecular flexibility index (Phi) is 10.9. The first-order valence-corrected chi connectivity index (χ1v) is 16.4. The molecule has 6 rings (SSSR count). The molecule has 2 aliphatic heterocycles. The largest absolute Gasteiger partial charge is 0.493 e. The molecule has 0 radical (unpaired) electrons. The van der Waals surface area contributed by atoms with Crippen molar-refractivity contribution in [2.24, 2.45) is 5.16 Å². The first-order valence-electron chi connectivity index (χ1n) is 16.4. The summed E-state index contributed by atoms with van der Waals surface area (Å²) in [7, 11) is 3.04. The van der Waals surface area contributed by atoms with E-state index in [4.69, 9.17) is 23.8 Å². The standard InChI is InChI=1S/C38H41N3O10/c1-21-4-6-30-28(10-21)38(46)40-37(39-30)22-5-7-32(27(11-22)19-44)49-8-9-50-36-34(47-2)14-24(15-35(36)48-3)33-16-31(41-51-33)23-12-25(17-42)29(20-45)26(13-23)18-43/h4-7,10-15,33,37,39,42-45H,8-9,16-20H2,1-3H3,(H,40,46). The van der Waals surface area contributed by atoms with Gasteiger partial charge in [-0.05, 0) is 77.7 Å². The molecule has 0 aliphatic carbocycles. The number of oxime groups is 1. The summed E-state index contributed by atoms with van der Waals surface area (Å²) in [5.41, 5.74) is 7.20. The van der Waals surface area contributed by atoms with Crippen LogP contribution in [0.15, 0.2) is 65.8 Å². The van der Waals surface area contributed by atoms with E-state index in [9.17, 15) is 25.2 Å². The Morgan fingerprint density at radius 3 is 2.10 bits per heavy atom. The van der Waals surface area contributed by atoms with Gasteiger partial charge in [0.1, 0.15) is 25.1 Å². The van der Waals surface area contributed by atoms with Crippen molar-refractivity contribution in [1.82, 2.24) is 5.32 Å². The topological polar surface area (TPSA) is 181 Å². The van der Waals surface area contributed by atoms with Crippen LogP contribution in [-0.4, -0.2) is 59.5 Å². The van der Waals surface area contributed by atoms with E-state index in [0.29, 0.717) is 68.5 Å². The molecule has 1 amide bonds. The Morgan fingerprint density at radius 2 is 1.45 bits per heavy atom. The van der Waals surface area contributed by atoms with Gasteiger partial charge in [-0.2, -0.15) is 0 Å². The SMILES string of the molecule is COc1cc(C2CC(c3cc(CO)c(CO)c(CO)c3)=NO2)cc(OC)c1OCCOc1ccc(C2NC(=O)c3cc(C)ccc3N2)cc1CO. The molecule has 2 aliphatic rings. The molecule has 0 saturated carbocycles. The third-order valence-corrected chi connectivity index (χ3v) is 8.96. The predicted octanol–water partition coefficient (Wildman–Crippen LogP) is 4.16. The molecule has 0 bridgehead atoms. The second kappa shape index (κ2) is 15.7. The minimum atomic E-state index is -0.470. The summed E-state index contributed by atoms with van der Waals surface area (Å²) in [6.45, 7) is 1.06. The molecule has 2 heterocycles. The van der Waals surface area contributed by atoms with Gasteiger partial charge in [0.25, 0.3) is 5.91 Å². The number of aliphatic hydroxyl groups is 4. The number of nitrogens with one attached hydrogen (secondary N) is 2. The van der Waals surface area contributed by atoms with E-state index in [1.807, 2.05) is 31.2 Å². The highest BCUT2D eigenvalue weighted by Gasteiger charge is 2.28. The average Bonchev–Trinajstić information content (AvgIpc) is 3.66. The van der Waals surface area contributed by atoms with Crippen LogP contribution in [0.1, 0.15) is 73.6 Å². The van der Waals surface area contributed by atoms with Crippen LogP contribution in [0.5, 0.6) is 23.0 Å². The van der Waals surface area contributed by atoms with Crippen molar-refractivity contribution >= 4 is 17.3 Å². The van der Waals surface area contributed by atoms with Gasteiger partial charge in [-0.1, -0.05) is 22.9 Å². The van der Waals surface area contributed by atoms with Gasteiger partial charge in [-0.3, -0.25) is 4.79 Å². The molecular weight excluding hydrogens is 658 g/mol. The van der Waals surface area contributed by atoms with Crippen LogP contribution >= 0.6 is 0 Å². The fourth-order valence-electron chi connectivity index (χ4n) is 6.28. The number of anilines is 1. The van der Waals surface area contributed by atoms with Gasteiger partial charge in [-0.25, -0.2) is 0 Å². The van der Waals surface area contributed by atoms with Gasteiger partial charge in [-0.15, -0.1) is 0 Å². The van der Waals surface area contributed by atoms with Gasteiger partial charge >= 0.3 is 0 Å². The lowest BCUT2D eigenvalue weighted by atomic mass is 9.93. The highest BCUT2D eigenvalue weighted by Crippen LogP contribution is 2.43. The molecule has 13 nitrogen and oxygen atoms in total. The maximum absolute atomic E-state index is 12.7. The Morgan fingerprint density at radius 1 is 0.765 bits per heavy atom. The second-order valence-corrected chi connectivity index (χ2v) is 12.2. The first kappa shape index (κ1) is 35.5. The number of aliphatic hydroxyl groups excluding tert-OH is 4. The van der Waals surface area contributed by atoms with Gasteiger partial charge in [0.05, 0.1) is 51.9 Å². The number of hydrogen-bond donors (Lipinski definition) is 6. The van der Waals surface area contributed by atoms with Crippen molar-refractivity contribution < 1.29 is 49.0 Å². The smallest absolute Gasteiger partial charge is 0.255 e. The molecule has 0 fully saturated rings. The summed E-state index contributed by atoms with van der Waals surface area (Å²) in [5.74, 6) is 1.51. The number of ether oxygens (including phenoxy) is 4. The highest BCUT2D eigenvalue weighted by molar-refractivity contribution is 6.02. The lowest BCUT2D eigenvalue weighted by Gasteiger charge is -2.29. The number of carbonyl (C=O) groups excluding carboxylic acids is 1. The lowest BCUT2D eigenvalue weighted by molar-refractivity contribution is 0.0852. The van der Waals surface area contributed by atoms with Crippen molar-refractivity contribution in [3.63, 3.8) is 0 Å². The van der Waals surface area contributed by atoms with E-state index in [1.54, 1.807) is 36.4 Å². The quantitative estimate of drug-likeness (QED) is 0.104.